The van der Waals surface area contributed by atoms with Crippen molar-refractivity contribution in [2.75, 3.05) is 26.2 Å². The van der Waals surface area contributed by atoms with Gasteiger partial charge in [0.15, 0.2) is 0 Å². The maximum Gasteiger partial charge on any atom is 0.317 e. The largest absolute Gasteiger partial charge is 0.338 e. The van der Waals surface area contributed by atoms with Crippen molar-refractivity contribution in [1.29, 1.82) is 0 Å². The fourth-order valence-corrected chi connectivity index (χ4v) is 3.09. The van der Waals surface area contributed by atoms with Crippen molar-refractivity contribution in [1.82, 2.24) is 15.1 Å². The first-order valence-electron chi connectivity index (χ1n) is 7.20. The van der Waals surface area contributed by atoms with E-state index in [1.807, 2.05) is 0 Å². The van der Waals surface area contributed by atoms with Crippen molar-refractivity contribution >= 4 is 11.9 Å². The summed E-state index contributed by atoms with van der Waals surface area (Å²) in [6, 6.07) is 6.02. The molecule has 0 unspecified atom stereocenters. The van der Waals surface area contributed by atoms with E-state index in [2.05, 4.69) is 11.9 Å². The van der Waals surface area contributed by atoms with Gasteiger partial charge in [0.05, 0.1) is 0 Å². The Bertz CT molecular complexity index is 618. The molecule has 3 amide bonds. The minimum atomic E-state index is -0.309. The quantitative estimate of drug-likeness (QED) is 0.857. The summed E-state index contributed by atoms with van der Waals surface area (Å²) in [4.78, 5) is 26.9. The maximum absolute atomic E-state index is 13.1. The lowest BCUT2D eigenvalue weighted by molar-refractivity contribution is -0.148. The number of hydrogen-bond acceptors (Lipinski definition) is 2. The van der Waals surface area contributed by atoms with Gasteiger partial charge in [-0.05, 0) is 23.8 Å². The number of carbonyl (C=O) groups excluding carboxylic acids is 2. The van der Waals surface area contributed by atoms with Crippen molar-refractivity contribution in [2.24, 2.45) is 5.41 Å². The summed E-state index contributed by atoms with van der Waals surface area (Å²) in [5.41, 5.74) is 0.796. The van der Waals surface area contributed by atoms with Gasteiger partial charge in [0.25, 0.3) is 0 Å². The first-order chi connectivity index (χ1) is 10.5. The van der Waals surface area contributed by atoms with Crippen molar-refractivity contribution in [3.63, 3.8) is 0 Å². The van der Waals surface area contributed by atoms with Crippen LogP contribution in [0.2, 0.25) is 0 Å². The molecular formula is C16H18FN3O2. The van der Waals surface area contributed by atoms with Crippen LogP contribution in [0.5, 0.6) is 0 Å². The summed E-state index contributed by atoms with van der Waals surface area (Å²) in [6.07, 6.45) is 1.31. The van der Waals surface area contributed by atoms with Crippen molar-refractivity contribution in [3.8, 4) is 0 Å². The molecule has 0 atom stereocenters. The van der Waals surface area contributed by atoms with E-state index in [1.54, 1.807) is 21.9 Å². The Labute approximate surface area is 128 Å². The normalized spacial score (nSPS) is 18.4. The number of urea groups is 1. The van der Waals surface area contributed by atoms with E-state index < -0.39 is 0 Å². The van der Waals surface area contributed by atoms with Gasteiger partial charge < -0.3 is 15.1 Å². The van der Waals surface area contributed by atoms with Gasteiger partial charge in [0, 0.05) is 38.1 Å². The average Bonchev–Trinajstić information content (AvgIpc) is 2.41. The van der Waals surface area contributed by atoms with Crippen LogP contribution >= 0.6 is 0 Å². The summed E-state index contributed by atoms with van der Waals surface area (Å²) in [5, 5.41) is 2.78. The third kappa shape index (κ3) is 2.68. The van der Waals surface area contributed by atoms with Crippen LogP contribution in [-0.4, -0.2) is 47.9 Å². The van der Waals surface area contributed by atoms with Gasteiger partial charge in [0.1, 0.15) is 5.82 Å². The second-order valence-electron chi connectivity index (χ2n) is 6.04. The Balaban J connectivity index is 1.43. The Hall–Kier alpha value is -2.37. The van der Waals surface area contributed by atoms with E-state index in [4.69, 9.17) is 0 Å². The molecule has 0 radical (unpaired) electrons. The lowest BCUT2D eigenvalue weighted by Gasteiger charge is -2.59. The molecule has 1 aromatic rings. The Morgan fingerprint density at radius 3 is 2.59 bits per heavy atom. The minimum Gasteiger partial charge on any atom is -0.338 e. The Morgan fingerprint density at radius 2 is 1.95 bits per heavy atom. The van der Waals surface area contributed by atoms with Gasteiger partial charge in [-0.15, -0.1) is 0 Å². The molecule has 1 aromatic carbocycles. The minimum absolute atomic E-state index is 0.0559. The lowest BCUT2D eigenvalue weighted by atomic mass is 9.73. The number of nitrogens with zero attached hydrogens (tertiary/aromatic N) is 2. The predicted octanol–water partition coefficient (Wildman–Crippen LogP) is 1.37. The molecule has 3 rings (SSSR count). The molecule has 0 aromatic heterocycles. The zero-order chi connectivity index (χ0) is 15.7. The molecule has 0 saturated carbocycles. The summed E-state index contributed by atoms with van der Waals surface area (Å²) in [5.74, 6) is -0.365. The van der Waals surface area contributed by atoms with Crippen LogP contribution in [0.3, 0.4) is 0 Å². The summed E-state index contributed by atoms with van der Waals surface area (Å²) >= 11 is 0. The molecule has 2 fully saturated rings. The van der Waals surface area contributed by atoms with Gasteiger partial charge in [-0.3, -0.25) is 4.79 Å². The lowest BCUT2D eigenvalue weighted by Crippen LogP contribution is -2.74. The predicted molar refractivity (Wildman–Crippen MR) is 79.4 cm³/mol. The van der Waals surface area contributed by atoms with Crippen LogP contribution in [-0.2, 0) is 11.3 Å². The van der Waals surface area contributed by atoms with E-state index in [0.29, 0.717) is 32.7 Å². The standard InChI is InChI=1S/C16H18FN3O2/c1-2-14(21)19-8-16(9-19)10-20(11-16)15(22)18-7-12-4-3-5-13(17)6-12/h2-6H,1,7-11H2,(H,18,22). The number of carbonyl (C=O) groups is 2. The number of rotatable bonds is 3. The van der Waals surface area contributed by atoms with Crippen LogP contribution in [0.25, 0.3) is 0 Å². The molecule has 1 N–H and O–H groups in total. The highest BCUT2D eigenvalue weighted by Crippen LogP contribution is 2.39. The second kappa shape index (κ2) is 5.44. The molecule has 22 heavy (non-hydrogen) atoms. The summed E-state index contributed by atoms with van der Waals surface area (Å²) < 4.78 is 13.1. The van der Waals surface area contributed by atoms with Gasteiger partial charge >= 0.3 is 6.03 Å². The molecule has 2 aliphatic heterocycles. The third-order valence-electron chi connectivity index (χ3n) is 4.21. The van der Waals surface area contributed by atoms with Gasteiger partial charge in [-0.2, -0.15) is 0 Å². The molecule has 2 aliphatic rings. The smallest absolute Gasteiger partial charge is 0.317 e. The topological polar surface area (TPSA) is 52.7 Å². The van der Waals surface area contributed by atoms with Crippen LogP contribution in [0, 0.1) is 11.2 Å². The SMILES string of the molecule is C=CC(=O)N1CC2(C1)CN(C(=O)NCc1cccc(F)c1)C2. The van der Waals surface area contributed by atoms with Crippen LogP contribution < -0.4 is 5.32 Å². The average molecular weight is 303 g/mol. The Kier molecular flexibility index (Phi) is 3.60. The monoisotopic (exact) mass is 303 g/mol. The van der Waals surface area contributed by atoms with Gasteiger partial charge in [0.2, 0.25) is 5.91 Å². The number of nitrogens with one attached hydrogen (secondary N) is 1. The van der Waals surface area contributed by atoms with Gasteiger partial charge in [-0.25, -0.2) is 9.18 Å². The van der Waals surface area contributed by atoms with Crippen LogP contribution in [0.4, 0.5) is 9.18 Å². The number of halogens is 1. The molecule has 5 nitrogen and oxygen atoms in total. The molecule has 2 saturated heterocycles. The number of benzene rings is 1. The van der Waals surface area contributed by atoms with E-state index in [0.717, 1.165) is 5.56 Å². The number of amides is 3. The molecule has 116 valence electrons. The highest BCUT2D eigenvalue weighted by molar-refractivity contribution is 5.88. The second-order valence-corrected chi connectivity index (χ2v) is 6.04. The molecular weight excluding hydrogens is 285 g/mol. The highest BCUT2D eigenvalue weighted by atomic mass is 19.1. The zero-order valence-corrected chi connectivity index (χ0v) is 12.2. The first-order valence-corrected chi connectivity index (χ1v) is 7.20. The highest BCUT2D eigenvalue weighted by Gasteiger charge is 2.54. The first kappa shape index (κ1) is 14.6. The fourth-order valence-electron chi connectivity index (χ4n) is 3.09. The number of hydrogen-bond donors (Lipinski definition) is 1. The molecule has 0 bridgehead atoms. The fraction of sp³-hybridized carbons (Fsp3) is 0.375. The maximum atomic E-state index is 13.1. The van der Waals surface area contributed by atoms with E-state index >= 15 is 0 Å². The zero-order valence-electron chi connectivity index (χ0n) is 12.2. The molecule has 6 heteroatoms. The molecule has 2 heterocycles. The van der Waals surface area contributed by atoms with Crippen molar-refractivity contribution in [2.45, 2.75) is 6.54 Å². The van der Waals surface area contributed by atoms with E-state index in [9.17, 15) is 14.0 Å². The summed E-state index contributed by atoms with van der Waals surface area (Å²) in [6.45, 7) is 6.46. The van der Waals surface area contributed by atoms with Crippen molar-refractivity contribution in [3.05, 3.63) is 48.3 Å². The van der Waals surface area contributed by atoms with Crippen LogP contribution in [0.15, 0.2) is 36.9 Å². The van der Waals surface area contributed by atoms with E-state index in [1.165, 1.54) is 18.2 Å². The molecule has 0 aliphatic carbocycles. The molecule has 1 spiro atoms. The van der Waals surface area contributed by atoms with Crippen molar-refractivity contribution < 1.29 is 14.0 Å². The number of likely N-dealkylation sites (tertiary alicyclic amines) is 2. The van der Waals surface area contributed by atoms with Crippen LogP contribution in [0.1, 0.15) is 5.56 Å². The van der Waals surface area contributed by atoms with E-state index in [-0.39, 0.29) is 23.2 Å². The van der Waals surface area contributed by atoms with Gasteiger partial charge in [-0.1, -0.05) is 18.7 Å². The summed E-state index contributed by atoms with van der Waals surface area (Å²) in [7, 11) is 0. The Morgan fingerprint density at radius 1 is 1.27 bits per heavy atom. The third-order valence-corrected chi connectivity index (χ3v) is 4.21.